The van der Waals surface area contributed by atoms with Gasteiger partial charge >= 0.3 is 0 Å². The lowest BCUT2D eigenvalue weighted by Gasteiger charge is -2.33. The van der Waals surface area contributed by atoms with Gasteiger partial charge in [0.05, 0.1) is 11.4 Å². The summed E-state index contributed by atoms with van der Waals surface area (Å²) in [6.07, 6.45) is 3.60. The molecule has 0 atom stereocenters. The molecule has 1 aliphatic heterocycles. The van der Waals surface area contributed by atoms with Crippen LogP contribution in [0.3, 0.4) is 0 Å². The van der Waals surface area contributed by atoms with Gasteiger partial charge in [0.1, 0.15) is 0 Å². The van der Waals surface area contributed by atoms with E-state index < -0.39 is 10.0 Å². The molecule has 0 spiro atoms. The van der Waals surface area contributed by atoms with Crippen molar-refractivity contribution in [2.75, 3.05) is 6.54 Å². The van der Waals surface area contributed by atoms with Gasteiger partial charge in [0.25, 0.3) is 10.0 Å². The van der Waals surface area contributed by atoms with Crippen LogP contribution < -0.4 is 0 Å². The van der Waals surface area contributed by atoms with Crippen LogP contribution in [0.25, 0.3) is 0 Å². The Hall–Kier alpha value is -1.77. The molecule has 3 nitrogen and oxygen atoms in total. The van der Waals surface area contributed by atoms with Crippen LogP contribution in [-0.2, 0) is 10.0 Å². The molecule has 0 unspecified atom stereocenters. The number of nitrogens with zero attached hydrogens (tertiary/aromatic N) is 1. The van der Waals surface area contributed by atoms with Crippen LogP contribution in [0.15, 0.2) is 58.3 Å². The zero-order valence-corrected chi connectivity index (χ0v) is 14.7. The predicted octanol–water partition coefficient (Wildman–Crippen LogP) is 4.03. The predicted molar refractivity (Wildman–Crippen MR) is 89.9 cm³/mol. The van der Waals surface area contributed by atoms with Gasteiger partial charge in [-0.15, -0.1) is 5.73 Å². The van der Waals surface area contributed by atoms with Gasteiger partial charge in [-0.2, -0.15) is 0 Å². The molecule has 0 fully saturated rings. The molecule has 4 heteroatoms. The SMILES string of the molecule is CC(C)=C=C1CN(S(=O)(=O)c2ccc(C)cc2)C=CC1(C)C. The summed E-state index contributed by atoms with van der Waals surface area (Å²) >= 11 is 0. The highest BCUT2D eigenvalue weighted by molar-refractivity contribution is 7.89. The van der Waals surface area contributed by atoms with E-state index in [1.807, 2.05) is 39.0 Å². The lowest BCUT2D eigenvalue weighted by Crippen LogP contribution is -2.35. The summed E-state index contributed by atoms with van der Waals surface area (Å²) in [6.45, 7) is 10.4. The van der Waals surface area contributed by atoms with E-state index in [0.29, 0.717) is 11.4 Å². The van der Waals surface area contributed by atoms with Crippen molar-refractivity contribution in [1.29, 1.82) is 0 Å². The number of benzene rings is 1. The second-order valence-electron chi connectivity index (χ2n) is 6.50. The molecule has 0 bridgehead atoms. The molecule has 0 saturated carbocycles. The zero-order chi connectivity index (χ0) is 16.5. The van der Waals surface area contributed by atoms with E-state index in [1.54, 1.807) is 18.3 Å². The van der Waals surface area contributed by atoms with E-state index in [0.717, 1.165) is 16.7 Å². The first-order valence-corrected chi connectivity index (χ1v) is 8.78. The van der Waals surface area contributed by atoms with Gasteiger partial charge in [0.15, 0.2) is 0 Å². The lowest BCUT2D eigenvalue weighted by molar-refractivity contribution is 0.445. The number of allylic oxidation sites excluding steroid dienone is 1. The summed E-state index contributed by atoms with van der Waals surface area (Å²) in [5.74, 6) is 0. The third-order valence-electron chi connectivity index (χ3n) is 3.78. The molecule has 1 heterocycles. The normalized spacial score (nSPS) is 17.3. The molecule has 0 aliphatic carbocycles. The van der Waals surface area contributed by atoms with E-state index in [2.05, 4.69) is 19.6 Å². The minimum atomic E-state index is -3.52. The summed E-state index contributed by atoms with van der Waals surface area (Å²) in [5, 5.41) is 0. The van der Waals surface area contributed by atoms with E-state index >= 15 is 0 Å². The maximum atomic E-state index is 12.8. The number of rotatable bonds is 2. The lowest BCUT2D eigenvalue weighted by atomic mass is 9.82. The molecule has 1 aliphatic rings. The third kappa shape index (κ3) is 3.34. The second kappa shape index (κ2) is 5.79. The summed E-state index contributed by atoms with van der Waals surface area (Å²) in [4.78, 5) is 0.319. The van der Waals surface area contributed by atoms with Crippen molar-refractivity contribution in [3.05, 3.63) is 59.0 Å². The molecule has 0 aromatic heterocycles. The van der Waals surface area contributed by atoms with Crippen molar-refractivity contribution in [3.63, 3.8) is 0 Å². The van der Waals surface area contributed by atoms with Gasteiger partial charge < -0.3 is 0 Å². The Labute approximate surface area is 133 Å². The van der Waals surface area contributed by atoms with Crippen LogP contribution in [0.4, 0.5) is 0 Å². The molecule has 1 aromatic carbocycles. The van der Waals surface area contributed by atoms with Crippen molar-refractivity contribution >= 4 is 10.0 Å². The first kappa shape index (κ1) is 16.6. The Bertz CT molecular complexity index is 758. The largest absolute Gasteiger partial charge is 0.269 e. The molecular weight excluding hydrogens is 294 g/mol. The number of hydrogen-bond donors (Lipinski definition) is 0. The topological polar surface area (TPSA) is 37.4 Å². The Morgan fingerprint density at radius 2 is 1.77 bits per heavy atom. The summed E-state index contributed by atoms with van der Waals surface area (Å²) in [5.41, 5.74) is 6.19. The molecule has 0 N–H and O–H groups in total. The maximum absolute atomic E-state index is 12.8. The quantitative estimate of drug-likeness (QED) is 0.772. The van der Waals surface area contributed by atoms with Gasteiger partial charge in [0.2, 0.25) is 0 Å². The summed E-state index contributed by atoms with van der Waals surface area (Å²) in [6, 6.07) is 6.94. The molecule has 0 amide bonds. The highest BCUT2D eigenvalue weighted by Crippen LogP contribution is 2.34. The van der Waals surface area contributed by atoms with Crippen LogP contribution in [-0.4, -0.2) is 19.3 Å². The molecule has 1 aromatic rings. The fourth-order valence-electron chi connectivity index (χ4n) is 2.30. The van der Waals surface area contributed by atoms with Crippen LogP contribution in [0, 0.1) is 12.3 Å². The second-order valence-corrected chi connectivity index (χ2v) is 8.39. The first-order chi connectivity index (χ1) is 10.1. The molecule has 0 saturated heterocycles. The molecule has 2 rings (SSSR count). The first-order valence-electron chi connectivity index (χ1n) is 7.34. The maximum Gasteiger partial charge on any atom is 0.264 e. The van der Waals surface area contributed by atoms with Crippen LogP contribution in [0.5, 0.6) is 0 Å². The highest BCUT2D eigenvalue weighted by atomic mass is 32.2. The Morgan fingerprint density at radius 3 is 2.32 bits per heavy atom. The van der Waals surface area contributed by atoms with E-state index in [9.17, 15) is 8.42 Å². The molecule has 22 heavy (non-hydrogen) atoms. The monoisotopic (exact) mass is 317 g/mol. The minimum absolute atomic E-state index is 0.184. The van der Waals surface area contributed by atoms with Crippen molar-refractivity contribution in [2.24, 2.45) is 5.41 Å². The highest BCUT2D eigenvalue weighted by Gasteiger charge is 2.31. The zero-order valence-electron chi connectivity index (χ0n) is 13.8. The Morgan fingerprint density at radius 1 is 1.18 bits per heavy atom. The van der Waals surface area contributed by atoms with Crippen molar-refractivity contribution < 1.29 is 8.42 Å². The van der Waals surface area contributed by atoms with E-state index in [-0.39, 0.29) is 5.41 Å². The number of aryl methyl sites for hydroxylation is 1. The van der Waals surface area contributed by atoms with Gasteiger partial charge in [-0.1, -0.05) is 37.6 Å². The van der Waals surface area contributed by atoms with E-state index in [4.69, 9.17) is 0 Å². The molecular formula is C18H23NO2S. The third-order valence-corrected chi connectivity index (χ3v) is 5.51. The number of sulfonamides is 1. The minimum Gasteiger partial charge on any atom is -0.269 e. The van der Waals surface area contributed by atoms with Crippen molar-refractivity contribution in [2.45, 2.75) is 39.5 Å². The number of hydrogen-bond acceptors (Lipinski definition) is 2. The Balaban J connectivity index is 2.46. The molecule has 118 valence electrons. The van der Waals surface area contributed by atoms with Crippen LogP contribution in [0.2, 0.25) is 0 Å². The fourth-order valence-corrected chi connectivity index (χ4v) is 3.57. The van der Waals surface area contributed by atoms with Gasteiger partial charge in [-0.05, 0) is 38.5 Å². The van der Waals surface area contributed by atoms with Crippen LogP contribution >= 0.6 is 0 Å². The summed E-state index contributed by atoms with van der Waals surface area (Å²) < 4.78 is 26.9. The van der Waals surface area contributed by atoms with Gasteiger partial charge in [-0.25, -0.2) is 8.42 Å². The van der Waals surface area contributed by atoms with Crippen molar-refractivity contribution in [3.8, 4) is 0 Å². The summed E-state index contributed by atoms with van der Waals surface area (Å²) in [7, 11) is -3.52. The van der Waals surface area contributed by atoms with E-state index in [1.165, 1.54) is 4.31 Å². The Kier molecular flexibility index (Phi) is 4.37. The fraction of sp³-hybridized carbons (Fsp3) is 0.389. The van der Waals surface area contributed by atoms with Gasteiger partial charge in [0, 0.05) is 17.2 Å². The standard InChI is InChI=1S/C18H23NO2S/c1-14(2)12-16-13-19(11-10-18(16,4)5)22(20,21)17-8-6-15(3)7-9-17/h6-11H,13H2,1-5H3. The van der Waals surface area contributed by atoms with Gasteiger partial charge in [-0.3, -0.25) is 4.31 Å². The average Bonchev–Trinajstić information content (AvgIpc) is 2.41. The average molecular weight is 317 g/mol. The van der Waals surface area contributed by atoms with Crippen LogP contribution in [0.1, 0.15) is 33.3 Å². The molecule has 0 radical (unpaired) electrons. The van der Waals surface area contributed by atoms with Crippen molar-refractivity contribution in [1.82, 2.24) is 4.31 Å². The smallest absolute Gasteiger partial charge is 0.264 e.